The molecule has 0 amide bonds. The molecule has 3 rings (SSSR count). The number of nitrogens with one attached hydrogen (secondary N) is 2. The highest BCUT2D eigenvalue weighted by Crippen LogP contribution is 2.48. The fourth-order valence-corrected chi connectivity index (χ4v) is 4.83. The lowest BCUT2D eigenvalue weighted by Gasteiger charge is -2.44. The van der Waals surface area contributed by atoms with Crippen LogP contribution in [0.4, 0.5) is 19.6 Å². The predicted molar refractivity (Wildman–Crippen MR) is 111 cm³/mol. The van der Waals surface area contributed by atoms with Crippen molar-refractivity contribution in [2.45, 2.75) is 37.0 Å². The molecule has 28 heavy (non-hydrogen) atoms. The molecule has 6 nitrogen and oxygen atoms in total. The van der Waals surface area contributed by atoms with E-state index in [1.54, 1.807) is 0 Å². The number of nitrogens with two attached hydrogens (primary N) is 2. The van der Waals surface area contributed by atoms with Gasteiger partial charge in [0.25, 0.3) is 0 Å². The molecule has 1 aliphatic rings. The van der Waals surface area contributed by atoms with E-state index in [9.17, 15) is 8.78 Å². The van der Waals surface area contributed by atoms with E-state index < -0.39 is 11.6 Å². The molecule has 0 aliphatic heterocycles. The van der Waals surface area contributed by atoms with E-state index in [4.69, 9.17) is 11.5 Å². The molecule has 1 aromatic carbocycles. The third-order valence-corrected chi connectivity index (χ3v) is 6.89. The summed E-state index contributed by atoms with van der Waals surface area (Å²) in [6, 6.07) is 2.36. The molecule has 0 saturated heterocycles. The molecule has 0 spiro atoms. The molecular formula is C18H26F2N6S2. The monoisotopic (exact) mass is 428 g/mol. The Bertz CT molecular complexity index is 755. The summed E-state index contributed by atoms with van der Waals surface area (Å²) >= 11 is 2.11. The van der Waals surface area contributed by atoms with E-state index in [1.807, 2.05) is 0 Å². The first-order valence-corrected chi connectivity index (χ1v) is 11.0. The molecule has 154 valence electrons. The smallest absolute Gasteiger partial charge is 0.212 e. The van der Waals surface area contributed by atoms with Gasteiger partial charge in [-0.2, -0.15) is 4.37 Å². The fourth-order valence-electron chi connectivity index (χ4n) is 3.70. The number of halogens is 2. The lowest BCUT2D eigenvalue weighted by atomic mass is 9.62. The van der Waals surface area contributed by atoms with Crippen LogP contribution < -0.4 is 21.5 Å². The van der Waals surface area contributed by atoms with Crippen molar-refractivity contribution in [3.05, 3.63) is 30.1 Å². The standard InChI is InChI=1S/C18H26F2N6S2/c19-13-7-16(27-26-17-24-11-25-28-17)14(20)6-15(13)23-10-12(9-22)8-18(4-5-21)2-1-3-18/h6-7,11-12,23H,1-5,8-10,21-22H2,(H,24,25,26). The summed E-state index contributed by atoms with van der Waals surface area (Å²) in [5.41, 5.74) is 12.1. The van der Waals surface area contributed by atoms with Gasteiger partial charge in [-0.3, -0.25) is 0 Å². The van der Waals surface area contributed by atoms with Crippen molar-refractivity contribution in [1.82, 2.24) is 9.36 Å². The van der Waals surface area contributed by atoms with Crippen LogP contribution >= 0.6 is 23.5 Å². The third-order valence-electron chi connectivity index (χ3n) is 5.36. The van der Waals surface area contributed by atoms with Crippen LogP contribution in [0, 0.1) is 23.0 Å². The Morgan fingerprint density at radius 3 is 2.68 bits per heavy atom. The third kappa shape index (κ3) is 5.31. The SMILES string of the molecule is NCCC1(CC(CN)CNc2cc(F)c(SNc3ncns3)cc2F)CCC1. The molecule has 1 atom stereocenters. The van der Waals surface area contributed by atoms with Gasteiger partial charge in [0.2, 0.25) is 5.13 Å². The van der Waals surface area contributed by atoms with Gasteiger partial charge in [-0.15, -0.1) is 0 Å². The molecule has 1 heterocycles. The van der Waals surface area contributed by atoms with Gasteiger partial charge in [0.1, 0.15) is 18.0 Å². The van der Waals surface area contributed by atoms with Crippen molar-refractivity contribution >= 4 is 34.3 Å². The molecule has 1 fully saturated rings. The molecule has 1 aromatic heterocycles. The van der Waals surface area contributed by atoms with E-state index >= 15 is 0 Å². The van der Waals surface area contributed by atoms with E-state index in [0.717, 1.165) is 36.3 Å². The van der Waals surface area contributed by atoms with Crippen molar-refractivity contribution in [3.8, 4) is 0 Å². The Labute approximate surface area is 172 Å². The first kappa shape index (κ1) is 21.2. The second-order valence-corrected chi connectivity index (χ2v) is 8.92. The van der Waals surface area contributed by atoms with Gasteiger partial charge in [-0.05, 0) is 68.1 Å². The van der Waals surface area contributed by atoms with Gasteiger partial charge in [0.05, 0.1) is 10.6 Å². The van der Waals surface area contributed by atoms with Gasteiger partial charge in [-0.1, -0.05) is 6.42 Å². The second kappa shape index (κ2) is 9.82. The van der Waals surface area contributed by atoms with Crippen molar-refractivity contribution in [1.29, 1.82) is 0 Å². The Morgan fingerprint density at radius 1 is 1.25 bits per heavy atom. The number of benzene rings is 1. The summed E-state index contributed by atoms with van der Waals surface area (Å²) in [6.45, 7) is 1.69. The van der Waals surface area contributed by atoms with Crippen LogP contribution in [0.25, 0.3) is 0 Å². The van der Waals surface area contributed by atoms with Gasteiger partial charge in [0, 0.05) is 24.1 Å². The topological polar surface area (TPSA) is 102 Å². The minimum Gasteiger partial charge on any atom is -0.382 e. The summed E-state index contributed by atoms with van der Waals surface area (Å²) in [5, 5.41) is 3.57. The minimum atomic E-state index is -0.506. The zero-order chi connectivity index (χ0) is 20.0. The molecule has 1 aliphatic carbocycles. The number of hydrogen-bond donors (Lipinski definition) is 4. The van der Waals surface area contributed by atoms with Gasteiger partial charge < -0.3 is 21.5 Å². The molecule has 6 N–H and O–H groups in total. The molecule has 1 unspecified atom stereocenters. The first-order valence-electron chi connectivity index (χ1n) is 9.38. The maximum atomic E-state index is 14.4. The van der Waals surface area contributed by atoms with Crippen LogP contribution in [0.2, 0.25) is 0 Å². The average Bonchev–Trinajstić information content (AvgIpc) is 3.17. The Balaban J connectivity index is 1.57. The molecular weight excluding hydrogens is 402 g/mol. The highest BCUT2D eigenvalue weighted by atomic mass is 32.2. The Morgan fingerprint density at radius 2 is 2.07 bits per heavy atom. The van der Waals surface area contributed by atoms with Crippen LogP contribution in [-0.2, 0) is 0 Å². The molecule has 0 radical (unpaired) electrons. The zero-order valence-electron chi connectivity index (χ0n) is 15.6. The van der Waals surface area contributed by atoms with Crippen molar-refractivity contribution < 1.29 is 8.78 Å². The summed E-state index contributed by atoms with van der Waals surface area (Å²) in [5.74, 6) is -0.810. The quantitative estimate of drug-likeness (QED) is 0.403. The summed E-state index contributed by atoms with van der Waals surface area (Å²) in [4.78, 5) is 4.10. The zero-order valence-corrected chi connectivity index (χ0v) is 17.2. The van der Waals surface area contributed by atoms with Gasteiger partial charge in [0.15, 0.2) is 0 Å². The number of anilines is 2. The van der Waals surface area contributed by atoms with E-state index in [1.165, 1.54) is 37.7 Å². The van der Waals surface area contributed by atoms with Gasteiger partial charge in [-0.25, -0.2) is 13.8 Å². The largest absolute Gasteiger partial charge is 0.382 e. The van der Waals surface area contributed by atoms with Crippen LogP contribution in [0.15, 0.2) is 23.4 Å². The summed E-state index contributed by atoms with van der Waals surface area (Å²) < 4.78 is 35.5. The van der Waals surface area contributed by atoms with Crippen LogP contribution in [0.3, 0.4) is 0 Å². The summed E-state index contributed by atoms with van der Waals surface area (Å²) in [6.07, 6.45) is 6.95. The summed E-state index contributed by atoms with van der Waals surface area (Å²) in [7, 11) is 0. The molecule has 10 heteroatoms. The van der Waals surface area contributed by atoms with Crippen molar-refractivity contribution in [2.75, 3.05) is 29.7 Å². The highest BCUT2D eigenvalue weighted by Gasteiger charge is 2.37. The van der Waals surface area contributed by atoms with E-state index in [2.05, 4.69) is 19.4 Å². The number of hydrogen-bond acceptors (Lipinski definition) is 8. The van der Waals surface area contributed by atoms with Crippen molar-refractivity contribution in [3.63, 3.8) is 0 Å². The Hall–Kier alpha value is -1.49. The fraction of sp³-hybridized carbons (Fsp3) is 0.556. The lowest BCUT2D eigenvalue weighted by molar-refractivity contribution is 0.0881. The number of nitrogens with zero attached hydrogens (tertiary/aromatic N) is 2. The molecule has 2 aromatic rings. The molecule has 1 saturated carbocycles. The Kier molecular flexibility index (Phi) is 7.44. The highest BCUT2D eigenvalue weighted by molar-refractivity contribution is 8.00. The lowest BCUT2D eigenvalue weighted by Crippen LogP contribution is -2.37. The first-order chi connectivity index (χ1) is 13.5. The van der Waals surface area contributed by atoms with E-state index in [0.29, 0.717) is 24.8 Å². The van der Waals surface area contributed by atoms with Crippen LogP contribution in [0.5, 0.6) is 0 Å². The maximum Gasteiger partial charge on any atom is 0.212 e. The predicted octanol–water partition coefficient (Wildman–Crippen LogP) is 3.83. The average molecular weight is 429 g/mol. The minimum absolute atomic E-state index is 0.151. The maximum absolute atomic E-state index is 14.4. The van der Waals surface area contributed by atoms with Crippen LogP contribution in [0.1, 0.15) is 32.1 Å². The second-order valence-electron chi connectivity index (χ2n) is 7.29. The molecule has 0 bridgehead atoms. The normalized spacial score (nSPS) is 16.4. The van der Waals surface area contributed by atoms with Crippen LogP contribution in [-0.4, -0.2) is 29.0 Å². The number of aromatic nitrogens is 2. The van der Waals surface area contributed by atoms with Crippen molar-refractivity contribution in [2.24, 2.45) is 22.8 Å². The number of rotatable bonds is 11. The van der Waals surface area contributed by atoms with E-state index in [-0.39, 0.29) is 21.9 Å². The van der Waals surface area contributed by atoms with Gasteiger partial charge >= 0.3 is 0 Å².